The van der Waals surface area contributed by atoms with Crippen molar-refractivity contribution < 1.29 is 19.1 Å². The fourth-order valence-electron chi connectivity index (χ4n) is 3.93. The highest BCUT2D eigenvalue weighted by Crippen LogP contribution is 2.35. The SMILES string of the molecule is O=C(Nc1ccc(Nc2ccccc2)cc1)N[C@@H]1CC(=O)N(c2ccc3c(c2)OCCO3)C1. The van der Waals surface area contributed by atoms with Crippen molar-refractivity contribution in [3.8, 4) is 11.5 Å². The first-order valence-corrected chi connectivity index (χ1v) is 10.8. The van der Waals surface area contributed by atoms with E-state index in [-0.39, 0.29) is 24.4 Å². The number of rotatable bonds is 5. The van der Waals surface area contributed by atoms with Crippen LogP contribution in [0.2, 0.25) is 0 Å². The van der Waals surface area contributed by atoms with Gasteiger partial charge in [-0.1, -0.05) is 18.2 Å². The van der Waals surface area contributed by atoms with Crippen molar-refractivity contribution in [1.29, 1.82) is 0 Å². The van der Waals surface area contributed by atoms with Crippen LogP contribution >= 0.6 is 0 Å². The summed E-state index contributed by atoms with van der Waals surface area (Å²) in [5.41, 5.74) is 3.31. The highest BCUT2D eigenvalue weighted by molar-refractivity contribution is 5.98. The van der Waals surface area contributed by atoms with Gasteiger partial charge in [0.2, 0.25) is 5.91 Å². The predicted molar refractivity (Wildman–Crippen MR) is 127 cm³/mol. The van der Waals surface area contributed by atoms with Crippen LogP contribution in [-0.2, 0) is 4.79 Å². The molecule has 0 unspecified atom stereocenters. The molecule has 8 heteroatoms. The lowest BCUT2D eigenvalue weighted by atomic mass is 10.2. The Hall–Kier alpha value is -4.20. The molecule has 2 aliphatic rings. The second-order valence-electron chi connectivity index (χ2n) is 7.90. The van der Waals surface area contributed by atoms with Crippen LogP contribution in [0.15, 0.2) is 72.8 Å². The lowest BCUT2D eigenvalue weighted by molar-refractivity contribution is -0.117. The van der Waals surface area contributed by atoms with E-state index in [1.165, 1.54) is 0 Å². The molecule has 3 aromatic rings. The van der Waals surface area contributed by atoms with Crippen LogP contribution in [0.4, 0.5) is 27.5 Å². The van der Waals surface area contributed by atoms with Crippen molar-refractivity contribution in [2.24, 2.45) is 0 Å². The molecule has 0 saturated carbocycles. The lowest BCUT2D eigenvalue weighted by Gasteiger charge is -2.22. The fraction of sp³-hybridized carbons (Fsp3) is 0.200. The zero-order valence-corrected chi connectivity index (χ0v) is 17.9. The van der Waals surface area contributed by atoms with Crippen molar-refractivity contribution in [2.75, 3.05) is 35.3 Å². The van der Waals surface area contributed by atoms with Crippen molar-refractivity contribution in [2.45, 2.75) is 12.5 Å². The number of benzene rings is 3. The van der Waals surface area contributed by atoms with Crippen LogP contribution in [0.3, 0.4) is 0 Å². The first-order valence-electron chi connectivity index (χ1n) is 10.8. The number of carbonyl (C=O) groups excluding carboxylic acids is 2. The van der Waals surface area contributed by atoms with Crippen molar-refractivity contribution in [3.63, 3.8) is 0 Å². The first-order chi connectivity index (χ1) is 16.1. The van der Waals surface area contributed by atoms with Gasteiger partial charge in [0.25, 0.3) is 0 Å². The van der Waals surface area contributed by atoms with E-state index in [1.807, 2.05) is 60.7 Å². The van der Waals surface area contributed by atoms with Gasteiger partial charge in [-0.25, -0.2) is 4.79 Å². The normalized spacial score (nSPS) is 16.9. The summed E-state index contributed by atoms with van der Waals surface area (Å²) in [6, 6.07) is 22.1. The van der Waals surface area contributed by atoms with E-state index < -0.39 is 0 Å². The highest BCUT2D eigenvalue weighted by atomic mass is 16.6. The summed E-state index contributed by atoms with van der Waals surface area (Å²) in [7, 11) is 0. The molecule has 3 aromatic carbocycles. The Kier molecular flexibility index (Phi) is 5.72. The third-order valence-electron chi connectivity index (χ3n) is 5.50. The topological polar surface area (TPSA) is 91.9 Å². The average molecular weight is 444 g/mol. The lowest BCUT2D eigenvalue weighted by Crippen LogP contribution is -2.39. The van der Waals surface area contributed by atoms with Gasteiger partial charge in [-0.05, 0) is 48.5 Å². The monoisotopic (exact) mass is 444 g/mol. The maximum atomic E-state index is 12.6. The maximum Gasteiger partial charge on any atom is 0.319 e. The Bertz CT molecular complexity index is 1150. The zero-order chi connectivity index (χ0) is 22.6. The quantitative estimate of drug-likeness (QED) is 0.550. The molecule has 0 radical (unpaired) electrons. The molecule has 168 valence electrons. The largest absolute Gasteiger partial charge is 0.486 e. The molecular formula is C25H24N4O4. The molecule has 0 aromatic heterocycles. The van der Waals surface area contributed by atoms with Crippen LogP contribution in [0.1, 0.15) is 6.42 Å². The van der Waals surface area contributed by atoms with Gasteiger partial charge in [-0.2, -0.15) is 0 Å². The van der Waals surface area contributed by atoms with E-state index in [0.717, 1.165) is 17.1 Å². The number of fused-ring (bicyclic) bond motifs is 1. The van der Waals surface area contributed by atoms with Gasteiger partial charge in [0.15, 0.2) is 11.5 Å². The van der Waals surface area contributed by atoms with E-state index in [9.17, 15) is 9.59 Å². The molecule has 0 aliphatic carbocycles. The van der Waals surface area contributed by atoms with Gasteiger partial charge < -0.3 is 30.3 Å². The van der Waals surface area contributed by atoms with Crippen LogP contribution < -0.4 is 30.3 Å². The van der Waals surface area contributed by atoms with Gasteiger partial charge in [0.05, 0.1) is 6.04 Å². The molecule has 0 bridgehead atoms. The fourth-order valence-corrected chi connectivity index (χ4v) is 3.93. The molecule has 3 amide bonds. The summed E-state index contributed by atoms with van der Waals surface area (Å²) in [4.78, 5) is 26.7. The number of nitrogens with zero attached hydrogens (tertiary/aromatic N) is 1. The number of carbonyl (C=O) groups is 2. The molecule has 5 rings (SSSR count). The zero-order valence-electron chi connectivity index (χ0n) is 17.9. The molecule has 1 saturated heterocycles. The smallest absolute Gasteiger partial charge is 0.319 e. The number of para-hydroxylation sites is 1. The summed E-state index contributed by atoms with van der Waals surface area (Å²) in [6.45, 7) is 1.40. The molecule has 2 aliphatic heterocycles. The Morgan fingerprint density at radius 2 is 1.55 bits per heavy atom. The van der Waals surface area contributed by atoms with E-state index in [1.54, 1.807) is 17.0 Å². The maximum absolute atomic E-state index is 12.6. The molecule has 33 heavy (non-hydrogen) atoms. The number of hydrogen-bond acceptors (Lipinski definition) is 5. The Morgan fingerprint density at radius 3 is 2.33 bits per heavy atom. The minimum Gasteiger partial charge on any atom is -0.486 e. The molecule has 8 nitrogen and oxygen atoms in total. The van der Waals surface area contributed by atoms with Crippen molar-refractivity contribution >= 4 is 34.7 Å². The third kappa shape index (κ3) is 4.85. The number of hydrogen-bond donors (Lipinski definition) is 3. The number of nitrogens with one attached hydrogen (secondary N) is 3. The summed E-state index contributed by atoms with van der Waals surface area (Å²) in [5.74, 6) is 1.26. The average Bonchev–Trinajstić information content (AvgIpc) is 3.20. The van der Waals surface area contributed by atoms with Gasteiger partial charge in [0.1, 0.15) is 13.2 Å². The van der Waals surface area contributed by atoms with Crippen LogP contribution in [0.5, 0.6) is 11.5 Å². The number of urea groups is 1. The molecule has 3 N–H and O–H groups in total. The Morgan fingerprint density at radius 1 is 0.848 bits per heavy atom. The number of ether oxygens (including phenoxy) is 2. The summed E-state index contributed by atoms with van der Waals surface area (Å²) in [5, 5.41) is 9.02. The second kappa shape index (κ2) is 9.12. The molecular weight excluding hydrogens is 420 g/mol. The summed E-state index contributed by atoms with van der Waals surface area (Å²) < 4.78 is 11.1. The predicted octanol–water partition coefficient (Wildman–Crippen LogP) is 4.13. The van der Waals surface area contributed by atoms with Crippen molar-refractivity contribution in [3.05, 3.63) is 72.8 Å². The van der Waals surface area contributed by atoms with E-state index in [4.69, 9.17) is 9.47 Å². The molecule has 1 fully saturated rings. The third-order valence-corrected chi connectivity index (χ3v) is 5.50. The summed E-state index contributed by atoms with van der Waals surface area (Å²) >= 11 is 0. The van der Waals surface area contributed by atoms with Gasteiger partial charge in [0, 0.05) is 41.8 Å². The van der Waals surface area contributed by atoms with E-state index in [2.05, 4.69) is 16.0 Å². The van der Waals surface area contributed by atoms with Crippen LogP contribution in [0, 0.1) is 0 Å². The molecule has 2 heterocycles. The van der Waals surface area contributed by atoms with Crippen molar-refractivity contribution in [1.82, 2.24) is 5.32 Å². The van der Waals surface area contributed by atoms with Gasteiger partial charge >= 0.3 is 6.03 Å². The van der Waals surface area contributed by atoms with E-state index >= 15 is 0 Å². The standard InChI is InChI=1S/C25H24N4O4/c30-24-14-20(16-29(24)21-10-11-22-23(15-21)33-13-12-32-22)28-25(31)27-19-8-6-18(7-9-19)26-17-4-2-1-3-5-17/h1-11,15,20,26H,12-14,16H2,(H2,27,28,31)/t20-/m1/s1. The highest BCUT2D eigenvalue weighted by Gasteiger charge is 2.32. The number of amides is 3. The van der Waals surface area contributed by atoms with Crippen LogP contribution in [-0.4, -0.2) is 37.7 Å². The Balaban J connectivity index is 1.16. The first kappa shape index (κ1) is 20.7. The second-order valence-corrected chi connectivity index (χ2v) is 7.90. The Labute approximate surface area is 191 Å². The van der Waals surface area contributed by atoms with E-state index in [0.29, 0.717) is 36.9 Å². The number of anilines is 4. The minimum absolute atomic E-state index is 0.0479. The minimum atomic E-state index is -0.347. The summed E-state index contributed by atoms with van der Waals surface area (Å²) in [6.07, 6.45) is 0.238. The molecule has 1 atom stereocenters. The van der Waals surface area contributed by atoms with Gasteiger partial charge in [-0.15, -0.1) is 0 Å². The van der Waals surface area contributed by atoms with Gasteiger partial charge in [-0.3, -0.25) is 4.79 Å². The molecule has 0 spiro atoms. The van der Waals surface area contributed by atoms with Crippen LogP contribution in [0.25, 0.3) is 0 Å².